The molecule has 3 aromatic rings. The van der Waals surface area contributed by atoms with Gasteiger partial charge in [-0.2, -0.15) is 0 Å². The van der Waals surface area contributed by atoms with Gasteiger partial charge < -0.3 is 15.3 Å². The normalized spacial score (nSPS) is 12.0. The number of anilines is 1. The second-order valence-electron chi connectivity index (χ2n) is 6.59. The van der Waals surface area contributed by atoms with Gasteiger partial charge in [0.2, 0.25) is 5.91 Å². The lowest BCUT2D eigenvalue weighted by Crippen LogP contribution is -2.27. The molecule has 1 amide bonds. The van der Waals surface area contributed by atoms with Gasteiger partial charge in [0, 0.05) is 42.8 Å². The van der Waals surface area contributed by atoms with Crippen LogP contribution >= 0.6 is 11.6 Å². The predicted octanol–water partition coefficient (Wildman–Crippen LogP) is 4.67. The third kappa shape index (κ3) is 3.90. The fraction of sp³-hybridized carbons (Fsp3) is 0.273. The lowest BCUT2D eigenvalue weighted by atomic mass is 9.95. The van der Waals surface area contributed by atoms with E-state index >= 15 is 0 Å². The molecule has 1 atom stereocenters. The number of nitrogens with zero attached hydrogens (tertiary/aromatic N) is 2. The van der Waals surface area contributed by atoms with Crippen molar-refractivity contribution in [3.05, 3.63) is 64.8 Å². The van der Waals surface area contributed by atoms with Crippen LogP contribution in [0.3, 0.4) is 0 Å². The van der Waals surface area contributed by atoms with Gasteiger partial charge in [0.05, 0.1) is 11.1 Å². The maximum Gasteiger partial charge on any atom is 0.217 e. The molecule has 0 aliphatic rings. The summed E-state index contributed by atoms with van der Waals surface area (Å²) < 4.78 is 0. The summed E-state index contributed by atoms with van der Waals surface area (Å²) in [5.74, 6) is -0.180. The van der Waals surface area contributed by atoms with Crippen molar-refractivity contribution in [1.29, 1.82) is 0 Å². The molecule has 2 N–H and O–H groups in total. The smallest absolute Gasteiger partial charge is 0.217 e. The van der Waals surface area contributed by atoms with E-state index < -0.39 is 6.04 Å². The van der Waals surface area contributed by atoms with E-state index in [9.17, 15) is 9.90 Å². The summed E-state index contributed by atoms with van der Waals surface area (Å²) in [5.41, 5.74) is 2.90. The molecule has 0 fully saturated rings. The van der Waals surface area contributed by atoms with E-state index in [1.165, 1.54) is 6.92 Å². The lowest BCUT2D eigenvalue weighted by Gasteiger charge is -2.24. The van der Waals surface area contributed by atoms with Gasteiger partial charge in [-0.05, 0) is 49.7 Å². The first kappa shape index (κ1) is 20.0. The molecule has 0 aliphatic carbocycles. The Bertz CT molecular complexity index is 985. The largest absolute Gasteiger partial charge is 0.505 e. The van der Waals surface area contributed by atoms with Crippen LogP contribution in [-0.4, -0.2) is 29.1 Å². The summed E-state index contributed by atoms with van der Waals surface area (Å²) in [5, 5.41) is 14.9. The Labute approximate surface area is 170 Å². The van der Waals surface area contributed by atoms with Crippen molar-refractivity contribution in [2.45, 2.75) is 26.8 Å². The van der Waals surface area contributed by atoms with Crippen molar-refractivity contribution in [2.75, 3.05) is 18.0 Å². The van der Waals surface area contributed by atoms with Crippen LogP contribution in [0, 0.1) is 0 Å². The van der Waals surface area contributed by atoms with E-state index in [4.69, 9.17) is 11.6 Å². The van der Waals surface area contributed by atoms with Crippen LogP contribution in [0.1, 0.15) is 37.9 Å². The maximum atomic E-state index is 11.9. The number of phenolic OH excluding ortho intramolecular Hbond substituents is 1. The zero-order chi connectivity index (χ0) is 20.3. The number of halogens is 1. The van der Waals surface area contributed by atoms with Gasteiger partial charge in [-0.15, -0.1) is 0 Å². The second kappa shape index (κ2) is 8.48. The first-order valence-electron chi connectivity index (χ1n) is 9.34. The molecule has 6 heteroatoms. The standard InChI is InChI=1S/C22H24ClN3O2/c1-4-26(5-2)16-10-8-15(9-11-16)20(25-14(3)27)18-13-19(23)17-7-6-12-24-21(17)22(18)28/h6-13,20,28H,4-5H2,1-3H3,(H,25,27). The second-order valence-corrected chi connectivity index (χ2v) is 7.00. The minimum atomic E-state index is -0.535. The molecule has 0 spiro atoms. The third-order valence-electron chi connectivity index (χ3n) is 4.86. The highest BCUT2D eigenvalue weighted by Gasteiger charge is 2.22. The van der Waals surface area contributed by atoms with Crippen LogP contribution in [0.5, 0.6) is 5.75 Å². The summed E-state index contributed by atoms with van der Waals surface area (Å²) >= 11 is 6.44. The number of hydrogen-bond acceptors (Lipinski definition) is 4. The first-order chi connectivity index (χ1) is 13.5. The highest BCUT2D eigenvalue weighted by atomic mass is 35.5. The summed E-state index contributed by atoms with van der Waals surface area (Å²) in [7, 11) is 0. The van der Waals surface area contributed by atoms with Crippen LogP contribution in [0.15, 0.2) is 48.7 Å². The minimum absolute atomic E-state index is 0.0200. The van der Waals surface area contributed by atoms with Crippen molar-refractivity contribution < 1.29 is 9.90 Å². The van der Waals surface area contributed by atoms with Crippen LogP contribution in [0.2, 0.25) is 5.02 Å². The number of nitrogens with one attached hydrogen (secondary N) is 1. The van der Waals surface area contributed by atoms with Crippen LogP contribution in [-0.2, 0) is 4.79 Å². The molecular formula is C22H24ClN3O2. The molecule has 28 heavy (non-hydrogen) atoms. The van der Waals surface area contributed by atoms with Crippen LogP contribution in [0.25, 0.3) is 10.9 Å². The zero-order valence-corrected chi connectivity index (χ0v) is 17.0. The molecule has 0 aliphatic heterocycles. The number of amides is 1. The van der Waals surface area contributed by atoms with E-state index in [2.05, 4.69) is 29.0 Å². The van der Waals surface area contributed by atoms with Crippen molar-refractivity contribution in [3.8, 4) is 5.75 Å². The SMILES string of the molecule is CCN(CC)c1ccc(C(NC(C)=O)c2cc(Cl)c3cccnc3c2O)cc1. The number of pyridine rings is 1. The maximum absolute atomic E-state index is 11.9. The first-order valence-corrected chi connectivity index (χ1v) is 9.72. The molecule has 0 saturated carbocycles. The summed E-state index contributed by atoms with van der Waals surface area (Å²) in [6.45, 7) is 7.50. The highest BCUT2D eigenvalue weighted by molar-refractivity contribution is 6.35. The number of carbonyl (C=O) groups is 1. The Morgan fingerprint density at radius 3 is 2.50 bits per heavy atom. The van der Waals surface area contributed by atoms with Gasteiger partial charge in [-0.3, -0.25) is 9.78 Å². The third-order valence-corrected chi connectivity index (χ3v) is 5.17. The molecule has 0 radical (unpaired) electrons. The number of hydrogen-bond donors (Lipinski definition) is 2. The Morgan fingerprint density at radius 2 is 1.89 bits per heavy atom. The average Bonchev–Trinajstić information content (AvgIpc) is 2.70. The molecular weight excluding hydrogens is 374 g/mol. The van der Waals surface area contributed by atoms with Gasteiger partial charge in [-0.25, -0.2) is 0 Å². The molecule has 3 rings (SSSR count). The van der Waals surface area contributed by atoms with Gasteiger partial charge in [0.1, 0.15) is 11.3 Å². The fourth-order valence-electron chi connectivity index (χ4n) is 3.44. The number of phenols is 1. The fourth-order valence-corrected chi connectivity index (χ4v) is 3.71. The molecule has 2 aromatic carbocycles. The Balaban J connectivity index is 2.10. The van der Waals surface area contributed by atoms with Crippen molar-refractivity contribution in [1.82, 2.24) is 10.3 Å². The Hall–Kier alpha value is -2.79. The predicted molar refractivity (Wildman–Crippen MR) is 114 cm³/mol. The Kier molecular flexibility index (Phi) is 6.05. The monoisotopic (exact) mass is 397 g/mol. The number of carbonyl (C=O) groups excluding carboxylic acids is 1. The van der Waals surface area contributed by atoms with E-state index in [0.29, 0.717) is 21.5 Å². The zero-order valence-electron chi connectivity index (χ0n) is 16.2. The van der Waals surface area contributed by atoms with Crippen molar-refractivity contribution in [3.63, 3.8) is 0 Å². The van der Waals surface area contributed by atoms with Crippen LogP contribution < -0.4 is 10.2 Å². The topological polar surface area (TPSA) is 65.5 Å². The highest BCUT2D eigenvalue weighted by Crippen LogP contribution is 2.38. The van der Waals surface area contributed by atoms with Gasteiger partial charge in [0.25, 0.3) is 0 Å². The van der Waals surface area contributed by atoms with E-state index in [1.807, 2.05) is 24.3 Å². The van der Waals surface area contributed by atoms with Gasteiger partial charge >= 0.3 is 0 Å². The molecule has 1 unspecified atom stereocenters. The van der Waals surface area contributed by atoms with Gasteiger partial charge in [0.15, 0.2) is 0 Å². The lowest BCUT2D eigenvalue weighted by molar-refractivity contribution is -0.119. The van der Waals surface area contributed by atoms with Crippen LogP contribution in [0.4, 0.5) is 5.69 Å². The van der Waals surface area contributed by atoms with E-state index in [1.54, 1.807) is 24.4 Å². The molecule has 146 valence electrons. The molecule has 1 aromatic heterocycles. The van der Waals surface area contributed by atoms with Gasteiger partial charge in [-0.1, -0.05) is 23.7 Å². The molecule has 1 heterocycles. The minimum Gasteiger partial charge on any atom is -0.505 e. The summed E-state index contributed by atoms with van der Waals surface area (Å²) in [4.78, 5) is 18.4. The summed E-state index contributed by atoms with van der Waals surface area (Å²) in [6.07, 6.45) is 1.61. The molecule has 5 nitrogen and oxygen atoms in total. The quantitative estimate of drug-likeness (QED) is 0.634. The summed E-state index contributed by atoms with van der Waals surface area (Å²) in [6, 6.07) is 12.7. The number of aromatic hydroxyl groups is 1. The molecule has 0 bridgehead atoms. The number of fused-ring (bicyclic) bond motifs is 1. The number of benzene rings is 2. The van der Waals surface area contributed by atoms with Crippen molar-refractivity contribution in [2.24, 2.45) is 0 Å². The van der Waals surface area contributed by atoms with Crippen molar-refractivity contribution >= 4 is 34.1 Å². The molecule has 0 saturated heterocycles. The number of rotatable bonds is 6. The Morgan fingerprint density at radius 1 is 1.21 bits per heavy atom. The average molecular weight is 398 g/mol. The van der Waals surface area contributed by atoms with E-state index in [-0.39, 0.29) is 11.7 Å². The van der Waals surface area contributed by atoms with E-state index in [0.717, 1.165) is 24.3 Å². The number of aromatic nitrogens is 1.